The second-order valence-corrected chi connectivity index (χ2v) is 7.48. The SMILES string of the molecule is COc1ccc(CN2CC(C(=O)N(C)CCC(N)C(C)C)CC2=O)cc1. The first-order valence-corrected chi connectivity index (χ1v) is 9.23. The largest absolute Gasteiger partial charge is 0.497 e. The fourth-order valence-corrected chi connectivity index (χ4v) is 3.14. The summed E-state index contributed by atoms with van der Waals surface area (Å²) in [5, 5.41) is 0. The second-order valence-electron chi connectivity index (χ2n) is 7.48. The normalized spacial score (nSPS) is 18.3. The maximum atomic E-state index is 12.6. The highest BCUT2D eigenvalue weighted by Crippen LogP contribution is 2.23. The van der Waals surface area contributed by atoms with Gasteiger partial charge >= 0.3 is 0 Å². The zero-order valence-corrected chi connectivity index (χ0v) is 16.3. The summed E-state index contributed by atoms with van der Waals surface area (Å²) in [7, 11) is 3.42. The molecule has 2 N–H and O–H groups in total. The van der Waals surface area contributed by atoms with Gasteiger partial charge in [-0.15, -0.1) is 0 Å². The molecule has 1 aromatic carbocycles. The first-order chi connectivity index (χ1) is 12.3. The fourth-order valence-electron chi connectivity index (χ4n) is 3.14. The molecule has 1 heterocycles. The predicted octanol–water partition coefficient (Wildman–Crippen LogP) is 1.88. The van der Waals surface area contributed by atoms with Gasteiger partial charge < -0.3 is 20.3 Å². The quantitative estimate of drug-likeness (QED) is 0.767. The zero-order valence-electron chi connectivity index (χ0n) is 16.3. The van der Waals surface area contributed by atoms with Crippen molar-refractivity contribution in [1.29, 1.82) is 0 Å². The number of rotatable bonds is 8. The number of carbonyl (C=O) groups is 2. The van der Waals surface area contributed by atoms with Gasteiger partial charge in [0.25, 0.3) is 0 Å². The molecule has 0 saturated carbocycles. The average Bonchev–Trinajstić information content (AvgIpc) is 2.99. The number of carbonyl (C=O) groups excluding carboxylic acids is 2. The van der Waals surface area contributed by atoms with E-state index >= 15 is 0 Å². The minimum Gasteiger partial charge on any atom is -0.497 e. The molecule has 2 rings (SSSR count). The summed E-state index contributed by atoms with van der Waals surface area (Å²) in [6, 6.07) is 7.73. The molecule has 0 aliphatic carbocycles. The Morgan fingerprint density at radius 2 is 2.00 bits per heavy atom. The van der Waals surface area contributed by atoms with E-state index < -0.39 is 0 Å². The summed E-state index contributed by atoms with van der Waals surface area (Å²) >= 11 is 0. The van der Waals surface area contributed by atoms with Crippen molar-refractivity contribution >= 4 is 11.8 Å². The summed E-state index contributed by atoms with van der Waals surface area (Å²) in [6.07, 6.45) is 1.06. The molecule has 6 heteroatoms. The van der Waals surface area contributed by atoms with Crippen molar-refractivity contribution in [3.63, 3.8) is 0 Å². The Hall–Kier alpha value is -2.08. The predicted molar refractivity (Wildman–Crippen MR) is 102 cm³/mol. The van der Waals surface area contributed by atoms with E-state index in [1.807, 2.05) is 24.3 Å². The Kier molecular flexibility index (Phi) is 7.03. The minimum absolute atomic E-state index is 0.0337. The van der Waals surface area contributed by atoms with Crippen LogP contribution in [0.15, 0.2) is 24.3 Å². The van der Waals surface area contributed by atoms with Gasteiger partial charge in [-0.25, -0.2) is 0 Å². The highest BCUT2D eigenvalue weighted by Gasteiger charge is 2.35. The molecule has 1 saturated heterocycles. The molecule has 0 radical (unpaired) electrons. The van der Waals surface area contributed by atoms with Gasteiger partial charge in [0.15, 0.2) is 0 Å². The van der Waals surface area contributed by atoms with E-state index in [1.54, 1.807) is 24.0 Å². The van der Waals surface area contributed by atoms with Gasteiger partial charge in [-0.2, -0.15) is 0 Å². The number of nitrogens with zero attached hydrogens (tertiary/aromatic N) is 2. The second kappa shape index (κ2) is 9.03. The molecule has 0 bridgehead atoms. The van der Waals surface area contributed by atoms with Crippen molar-refractivity contribution in [3.05, 3.63) is 29.8 Å². The molecule has 2 amide bonds. The van der Waals surface area contributed by atoms with E-state index in [0.717, 1.165) is 17.7 Å². The van der Waals surface area contributed by atoms with Crippen molar-refractivity contribution in [2.24, 2.45) is 17.6 Å². The number of likely N-dealkylation sites (tertiary alicyclic amines) is 1. The molecule has 144 valence electrons. The maximum absolute atomic E-state index is 12.6. The topological polar surface area (TPSA) is 75.9 Å². The van der Waals surface area contributed by atoms with E-state index in [2.05, 4.69) is 13.8 Å². The number of hydrogen-bond donors (Lipinski definition) is 1. The third kappa shape index (κ3) is 5.21. The monoisotopic (exact) mass is 361 g/mol. The minimum atomic E-state index is -0.263. The van der Waals surface area contributed by atoms with Crippen LogP contribution in [-0.2, 0) is 16.1 Å². The van der Waals surface area contributed by atoms with E-state index in [1.165, 1.54) is 0 Å². The lowest BCUT2D eigenvalue weighted by atomic mass is 10.0. The maximum Gasteiger partial charge on any atom is 0.227 e. The Bertz CT molecular complexity index is 615. The van der Waals surface area contributed by atoms with E-state index in [-0.39, 0.29) is 30.2 Å². The van der Waals surface area contributed by atoms with Crippen LogP contribution in [0.5, 0.6) is 5.75 Å². The van der Waals surface area contributed by atoms with Gasteiger partial charge in [0, 0.05) is 39.1 Å². The van der Waals surface area contributed by atoms with Crippen molar-refractivity contribution < 1.29 is 14.3 Å². The van der Waals surface area contributed by atoms with Gasteiger partial charge in [-0.1, -0.05) is 26.0 Å². The number of amides is 2. The number of hydrogen-bond acceptors (Lipinski definition) is 4. The number of benzene rings is 1. The molecular formula is C20H31N3O3. The van der Waals surface area contributed by atoms with Crippen LogP contribution in [-0.4, -0.2) is 54.9 Å². The third-order valence-electron chi connectivity index (χ3n) is 5.13. The van der Waals surface area contributed by atoms with Crippen LogP contribution < -0.4 is 10.5 Å². The van der Waals surface area contributed by atoms with Crippen LogP contribution in [0.2, 0.25) is 0 Å². The smallest absolute Gasteiger partial charge is 0.227 e. The van der Waals surface area contributed by atoms with E-state index in [4.69, 9.17) is 10.5 Å². The Morgan fingerprint density at radius 1 is 1.35 bits per heavy atom. The van der Waals surface area contributed by atoms with Crippen LogP contribution in [0.3, 0.4) is 0 Å². The number of ether oxygens (including phenoxy) is 1. The Morgan fingerprint density at radius 3 is 2.58 bits per heavy atom. The highest BCUT2D eigenvalue weighted by molar-refractivity contribution is 5.89. The highest BCUT2D eigenvalue weighted by atomic mass is 16.5. The molecule has 0 spiro atoms. The summed E-state index contributed by atoms with van der Waals surface area (Å²) in [4.78, 5) is 28.4. The molecule has 1 aromatic rings. The first-order valence-electron chi connectivity index (χ1n) is 9.23. The number of methoxy groups -OCH3 is 1. The van der Waals surface area contributed by atoms with Gasteiger partial charge in [0.1, 0.15) is 5.75 Å². The van der Waals surface area contributed by atoms with Crippen LogP contribution in [0.25, 0.3) is 0 Å². The van der Waals surface area contributed by atoms with Crippen molar-refractivity contribution in [2.75, 3.05) is 27.2 Å². The zero-order chi connectivity index (χ0) is 19.3. The lowest BCUT2D eigenvalue weighted by molar-refractivity contribution is -0.134. The Labute approximate surface area is 156 Å². The molecular weight excluding hydrogens is 330 g/mol. The molecule has 0 aromatic heterocycles. The molecule has 2 atom stereocenters. The Balaban J connectivity index is 1.88. The molecule has 26 heavy (non-hydrogen) atoms. The van der Waals surface area contributed by atoms with Gasteiger partial charge in [-0.3, -0.25) is 9.59 Å². The van der Waals surface area contributed by atoms with Crippen molar-refractivity contribution in [1.82, 2.24) is 9.80 Å². The summed E-state index contributed by atoms with van der Waals surface area (Å²) in [5.41, 5.74) is 7.09. The molecule has 1 aliphatic heterocycles. The van der Waals surface area contributed by atoms with E-state index in [9.17, 15) is 9.59 Å². The average molecular weight is 361 g/mol. The van der Waals surface area contributed by atoms with Gasteiger partial charge in [0.05, 0.1) is 13.0 Å². The molecule has 2 unspecified atom stereocenters. The van der Waals surface area contributed by atoms with Crippen LogP contribution in [0.1, 0.15) is 32.3 Å². The van der Waals surface area contributed by atoms with Crippen molar-refractivity contribution in [2.45, 2.75) is 39.3 Å². The van der Waals surface area contributed by atoms with Gasteiger partial charge in [-0.05, 0) is 30.0 Å². The van der Waals surface area contributed by atoms with Crippen LogP contribution in [0, 0.1) is 11.8 Å². The summed E-state index contributed by atoms with van der Waals surface area (Å²) in [5.74, 6) is 0.987. The lowest BCUT2D eigenvalue weighted by Gasteiger charge is -2.24. The molecule has 1 aliphatic rings. The third-order valence-corrected chi connectivity index (χ3v) is 5.13. The summed E-state index contributed by atoms with van der Waals surface area (Å²) < 4.78 is 5.15. The van der Waals surface area contributed by atoms with Crippen molar-refractivity contribution in [3.8, 4) is 5.75 Å². The lowest BCUT2D eigenvalue weighted by Crippen LogP contribution is -2.38. The van der Waals surface area contributed by atoms with Crippen LogP contribution >= 0.6 is 0 Å². The molecule has 1 fully saturated rings. The summed E-state index contributed by atoms with van der Waals surface area (Å²) in [6.45, 7) is 5.79. The molecule has 6 nitrogen and oxygen atoms in total. The number of nitrogens with two attached hydrogens (primary N) is 1. The standard InChI is InChI=1S/C20H31N3O3/c1-14(2)18(21)9-10-22(3)20(25)16-11-19(24)23(13-16)12-15-5-7-17(26-4)8-6-15/h5-8,14,16,18H,9-13,21H2,1-4H3. The fraction of sp³-hybridized carbons (Fsp3) is 0.600. The first kappa shape index (κ1) is 20.2. The van der Waals surface area contributed by atoms with Crippen LogP contribution in [0.4, 0.5) is 0 Å². The van der Waals surface area contributed by atoms with E-state index in [0.29, 0.717) is 25.6 Å². The van der Waals surface area contributed by atoms with Gasteiger partial charge in [0.2, 0.25) is 11.8 Å².